The Balaban J connectivity index is 2.50. The van der Waals surface area contributed by atoms with Crippen LogP contribution in [0.1, 0.15) is 18.9 Å². The number of rotatable bonds is 6. The van der Waals surface area contributed by atoms with Crippen LogP contribution in [0.3, 0.4) is 0 Å². The Hall–Kier alpha value is -0.930. The molecular weight excluding hydrogens is 207 g/mol. The van der Waals surface area contributed by atoms with Crippen LogP contribution in [0.2, 0.25) is 0 Å². The van der Waals surface area contributed by atoms with Gasteiger partial charge in [-0.3, -0.25) is 0 Å². The highest BCUT2D eigenvalue weighted by atomic mass is 19.1. The fourth-order valence-electron chi connectivity index (χ4n) is 1.59. The summed E-state index contributed by atoms with van der Waals surface area (Å²) in [5.41, 5.74) is 0.569. The van der Waals surface area contributed by atoms with Gasteiger partial charge in [0.2, 0.25) is 0 Å². The molecule has 90 valence electrons. The molecule has 0 bridgehead atoms. The second kappa shape index (κ2) is 6.61. The molecule has 0 heterocycles. The van der Waals surface area contributed by atoms with Gasteiger partial charge in [-0.1, -0.05) is 25.1 Å². The van der Waals surface area contributed by atoms with Crippen molar-refractivity contribution in [3.63, 3.8) is 0 Å². The van der Waals surface area contributed by atoms with E-state index in [-0.39, 0.29) is 11.7 Å². The summed E-state index contributed by atoms with van der Waals surface area (Å²) in [6.07, 6.45) is 0.621. The van der Waals surface area contributed by atoms with Crippen molar-refractivity contribution in [1.82, 2.24) is 0 Å². The highest BCUT2D eigenvalue weighted by Crippen LogP contribution is 2.15. The summed E-state index contributed by atoms with van der Waals surface area (Å²) in [7, 11) is 1.63. The topological polar surface area (TPSA) is 29.5 Å². The van der Waals surface area contributed by atoms with Gasteiger partial charge < -0.3 is 9.84 Å². The van der Waals surface area contributed by atoms with Gasteiger partial charge in [-0.25, -0.2) is 4.39 Å². The Labute approximate surface area is 96.1 Å². The zero-order chi connectivity index (χ0) is 12.0. The Kier molecular flexibility index (Phi) is 5.43. The first-order valence-electron chi connectivity index (χ1n) is 5.55. The van der Waals surface area contributed by atoms with Crippen LogP contribution < -0.4 is 0 Å². The molecule has 0 amide bonds. The zero-order valence-corrected chi connectivity index (χ0v) is 9.82. The van der Waals surface area contributed by atoms with Gasteiger partial charge in [-0.05, 0) is 24.0 Å². The van der Waals surface area contributed by atoms with Gasteiger partial charge in [0.25, 0.3) is 0 Å². The van der Waals surface area contributed by atoms with E-state index in [0.717, 1.165) is 6.42 Å². The highest BCUT2D eigenvalue weighted by molar-refractivity contribution is 5.18. The molecule has 2 unspecified atom stereocenters. The van der Waals surface area contributed by atoms with Gasteiger partial charge in [0.1, 0.15) is 5.82 Å². The van der Waals surface area contributed by atoms with E-state index >= 15 is 0 Å². The molecule has 3 heteroatoms. The first kappa shape index (κ1) is 13.1. The molecule has 2 atom stereocenters. The van der Waals surface area contributed by atoms with Crippen LogP contribution in [0, 0.1) is 11.7 Å². The maximum absolute atomic E-state index is 13.3. The third-order valence-electron chi connectivity index (χ3n) is 2.82. The summed E-state index contributed by atoms with van der Waals surface area (Å²) in [6, 6.07) is 6.56. The quantitative estimate of drug-likeness (QED) is 0.807. The van der Waals surface area contributed by atoms with Crippen molar-refractivity contribution in [2.75, 3.05) is 13.7 Å². The van der Waals surface area contributed by atoms with E-state index < -0.39 is 6.10 Å². The molecule has 0 saturated heterocycles. The van der Waals surface area contributed by atoms with Crippen LogP contribution in [0.15, 0.2) is 24.3 Å². The average Bonchev–Trinajstić information content (AvgIpc) is 2.28. The highest BCUT2D eigenvalue weighted by Gasteiger charge is 2.16. The average molecular weight is 226 g/mol. The Morgan fingerprint density at radius 3 is 2.69 bits per heavy atom. The van der Waals surface area contributed by atoms with Crippen molar-refractivity contribution < 1.29 is 14.2 Å². The van der Waals surface area contributed by atoms with E-state index in [1.165, 1.54) is 6.07 Å². The summed E-state index contributed by atoms with van der Waals surface area (Å²) in [4.78, 5) is 0. The van der Waals surface area contributed by atoms with Gasteiger partial charge in [0.15, 0.2) is 0 Å². The monoisotopic (exact) mass is 226 g/mol. The zero-order valence-electron chi connectivity index (χ0n) is 9.82. The fourth-order valence-corrected chi connectivity index (χ4v) is 1.59. The minimum absolute atomic E-state index is 0.111. The van der Waals surface area contributed by atoms with E-state index in [1.54, 1.807) is 25.3 Å². The van der Waals surface area contributed by atoms with Crippen molar-refractivity contribution in [2.24, 2.45) is 5.92 Å². The summed E-state index contributed by atoms with van der Waals surface area (Å²) in [5, 5.41) is 9.90. The van der Waals surface area contributed by atoms with E-state index in [9.17, 15) is 9.50 Å². The van der Waals surface area contributed by atoms with Gasteiger partial charge in [0, 0.05) is 20.1 Å². The molecule has 0 spiro atoms. The number of ether oxygens (including phenoxy) is 1. The normalized spacial score (nSPS) is 14.8. The third kappa shape index (κ3) is 3.91. The molecule has 1 rings (SSSR count). The Morgan fingerprint density at radius 2 is 2.06 bits per heavy atom. The molecule has 0 radical (unpaired) electrons. The van der Waals surface area contributed by atoms with E-state index in [1.807, 2.05) is 6.92 Å². The molecule has 0 aliphatic heterocycles. The molecule has 0 aromatic heterocycles. The molecule has 0 aliphatic rings. The first-order valence-corrected chi connectivity index (χ1v) is 5.55. The van der Waals surface area contributed by atoms with E-state index in [4.69, 9.17) is 4.74 Å². The number of aliphatic hydroxyl groups excluding tert-OH is 1. The van der Waals surface area contributed by atoms with Crippen LogP contribution in [-0.2, 0) is 11.2 Å². The minimum Gasteiger partial charge on any atom is -0.393 e. The first-order chi connectivity index (χ1) is 7.65. The minimum atomic E-state index is -0.521. The SMILES string of the molecule is COCCC(C)C(O)Cc1ccccc1F. The van der Waals surface area contributed by atoms with Crippen molar-refractivity contribution in [1.29, 1.82) is 0 Å². The molecule has 16 heavy (non-hydrogen) atoms. The van der Waals surface area contributed by atoms with Crippen molar-refractivity contribution in [2.45, 2.75) is 25.9 Å². The second-order valence-electron chi connectivity index (χ2n) is 4.12. The molecule has 0 fully saturated rings. The molecular formula is C13H19FO2. The second-order valence-corrected chi connectivity index (χ2v) is 4.12. The summed E-state index contributed by atoms with van der Waals surface area (Å²) < 4.78 is 18.3. The van der Waals surface area contributed by atoms with Gasteiger partial charge >= 0.3 is 0 Å². The van der Waals surface area contributed by atoms with Gasteiger partial charge in [-0.2, -0.15) is 0 Å². The van der Waals surface area contributed by atoms with Crippen LogP contribution >= 0.6 is 0 Å². The molecule has 0 aliphatic carbocycles. The predicted octanol–water partition coefficient (Wildman–Crippen LogP) is 2.40. The molecule has 1 N–H and O–H groups in total. The van der Waals surface area contributed by atoms with E-state index in [2.05, 4.69) is 0 Å². The van der Waals surface area contributed by atoms with Gasteiger partial charge in [0.05, 0.1) is 6.10 Å². The Morgan fingerprint density at radius 1 is 1.38 bits per heavy atom. The van der Waals surface area contributed by atoms with Crippen molar-refractivity contribution in [3.05, 3.63) is 35.6 Å². The third-order valence-corrected chi connectivity index (χ3v) is 2.82. The molecule has 1 aromatic carbocycles. The number of benzene rings is 1. The van der Waals surface area contributed by atoms with Crippen molar-refractivity contribution in [3.8, 4) is 0 Å². The molecule has 1 aromatic rings. The standard InChI is InChI=1S/C13H19FO2/c1-10(7-8-16-2)13(15)9-11-5-3-4-6-12(11)14/h3-6,10,13,15H,7-9H2,1-2H3. The molecule has 0 saturated carbocycles. The number of hydrogen-bond donors (Lipinski definition) is 1. The largest absolute Gasteiger partial charge is 0.393 e. The van der Waals surface area contributed by atoms with Gasteiger partial charge in [-0.15, -0.1) is 0 Å². The van der Waals surface area contributed by atoms with E-state index in [0.29, 0.717) is 18.6 Å². The summed E-state index contributed by atoms with van der Waals surface area (Å²) in [5.74, 6) is -0.139. The predicted molar refractivity (Wildman–Crippen MR) is 61.8 cm³/mol. The number of hydrogen-bond acceptors (Lipinski definition) is 2. The smallest absolute Gasteiger partial charge is 0.126 e. The van der Waals surface area contributed by atoms with Crippen LogP contribution in [0.5, 0.6) is 0 Å². The lowest BCUT2D eigenvalue weighted by atomic mass is 9.95. The summed E-state index contributed by atoms with van der Waals surface area (Å²) in [6.45, 7) is 2.57. The number of methoxy groups -OCH3 is 1. The lowest BCUT2D eigenvalue weighted by Crippen LogP contribution is -2.22. The lowest BCUT2D eigenvalue weighted by Gasteiger charge is -2.18. The summed E-state index contributed by atoms with van der Waals surface area (Å²) >= 11 is 0. The molecule has 2 nitrogen and oxygen atoms in total. The Bertz CT molecular complexity index is 315. The number of halogens is 1. The number of aliphatic hydroxyl groups is 1. The lowest BCUT2D eigenvalue weighted by molar-refractivity contribution is 0.0880. The maximum atomic E-state index is 13.3. The van der Waals surface area contributed by atoms with Crippen LogP contribution in [0.25, 0.3) is 0 Å². The van der Waals surface area contributed by atoms with Crippen LogP contribution in [-0.4, -0.2) is 24.9 Å². The fraction of sp³-hybridized carbons (Fsp3) is 0.538. The maximum Gasteiger partial charge on any atom is 0.126 e. The van der Waals surface area contributed by atoms with Crippen LogP contribution in [0.4, 0.5) is 4.39 Å². The van der Waals surface area contributed by atoms with Crippen molar-refractivity contribution >= 4 is 0 Å².